The van der Waals surface area contributed by atoms with Crippen LogP contribution in [0.4, 0.5) is 4.79 Å². The SMILES string of the molecule is CCOc1cc([C@@H]2NC(=O)NC(C)=C2C(=O)OC)ccc1OC[C@H](O)N/N=C\c1cc(Cl)c(OCc2ccccc2Cl)c(Cl)c1. The second-order valence-corrected chi connectivity index (χ2v) is 10.8. The molecule has 238 valence electrons. The van der Waals surface area contributed by atoms with E-state index < -0.39 is 24.3 Å². The largest absolute Gasteiger partial charge is 0.490 e. The van der Waals surface area contributed by atoms with Crippen LogP contribution in [0, 0.1) is 0 Å². The Labute approximate surface area is 275 Å². The number of aliphatic hydroxyl groups excluding tert-OH is 1. The number of carbonyl (C=O) groups is 2. The lowest BCUT2D eigenvalue weighted by Gasteiger charge is -2.28. The summed E-state index contributed by atoms with van der Waals surface area (Å²) in [5.41, 5.74) is 5.13. The smallest absolute Gasteiger partial charge is 0.337 e. The summed E-state index contributed by atoms with van der Waals surface area (Å²) in [4.78, 5) is 24.6. The topological polar surface area (TPSA) is 140 Å². The molecule has 2 atom stereocenters. The van der Waals surface area contributed by atoms with Crippen molar-refractivity contribution in [2.45, 2.75) is 32.7 Å². The second-order valence-electron chi connectivity index (χ2n) is 9.61. The van der Waals surface area contributed by atoms with Crippen molar-refractivity contribution in [1.29, 1.82) is 0 Å². The second kappa shape index (κ2) is 15.7. The maximum Gasteiger partial charge on any atom is 0.337 e. The summed E-state index contributed by atoms with van der Waals surface area (Å²) >= 11 is 19.0. The van der Waals surface area contributed by atoms with Crippen LogP contribution in [0.2, 0.25) is 15.1 Å². The van der Waals surface area contributed by atoms with Crippen LogP contribution in [-0.4, -0.2) is 49.9 Å². The van der Waals surface area contributed by atoms with Crippen LogP contribution >= 0.6 is 34.8 Å². The molecule has 3 aromatic rings. The van der Waals surface area contributed by atoms with Crippen molar-refractivity contribution in [3.8, 4) is 17.2 Å². The quantitative estimate of drug-likeness (QED) is 0.0777. The van der Waals surface area contributed by atoms with E-state index in [1.165, 1.54) is 13.3 Å². The number of halogens is 3. The van der Waals surface area contributed by atoms with Crippen molar-refractivity contribution in [3.05, 3.63) is 97.6 Å². The molecule has 3 aromatic carbocycles. The van der Waals surface area contributed by atoms with E-state index in [1.54, 1.807) is 50.2 Å². The molecule has 4 rings (SSSR count). The zero-order valence-corrected chi connectivity index (χ0v) is 26.8. The Morgan fingerprint density at radius 1 is 1.04 bits per heavy atom. The van der Waals surface area contributed by atoms with Gasteiger partial charge in [0.2, 0.25) is 0 Å². The van der Waals surface area contributed by atoms with Gasteiger partial charge in [-0.1, -0.05) is 59.1 Å². The molecule has 45 heavy (non-hydrogen) atoms. The Morgan fingerprint density at radius 3 is 2.47 bits per heavy atom. The van der Waals surface area contributed by atoms with E-state index in [0.29, 0.717) is 45.7 Å². The molecule has 0 saturated carbocycles. The Kier molecular flexibility index (Phi) is 11.8. The highest BCUT2D eigenvalue weighted by Gasteiger charge is 2.32. The summed E-state index contributed by atoms with van der Waals surface area (Å²) in [6.07, 6.45) is 0.237. The van der Waals surface area contributed by atoms with E-state index in [0.717, 1.165) is 5.56 Å². The van der Waals surface area contributed by atoms with Gasteiger partial charge in [-0.25, -0.2) is 9.59 Å². The highest BCUT2D eigenvalue weighted by Crippen LogP contribution is 2.36. The molecule has 11 nitrogen and oxygen atoms in total. The number of methoxy groups -OCH3 is 1. The van der Waals surface area contributed by atoms with Crippen LogP contribution in [0.25, 0.3) is 0 Å². The van der Waals surface area contributed by atoms with Gasteiger partial charge in [-0.05, 0) is 55.3 Å². The zero-order valence-electron chi connectivity index (χ0n) is 24.5. The number of hydrazone groups is 1. The molecule has 0 saturated heterocycles. The molecule has 0 radical (unpaired) electrons. The van der Waals surface area contributed by atoms with Crippen LogP contribution < -0.4 is 30.3 Å². The van der Waals surface area contributed by atoms with Crippen LogP contribution in [0.5, 0.6) is 17.2 Å². The van der Waals surface area contributed by atoms with Gasteiger partial charge in [0.05, 0.1) is 41.6 Å². The molecule has 1 aliphatic rings. The number of ether oxygens (including phenoxy) is 4. The highest BCUT2D eigenvalue weighted by atomic mass is 35.5. The van der Waals surface area contributed by atoms with Crippen LogP contribution in [0.1, 0.15) is 36.6 Å². The average Bonchev–Trinajstić information content (AvgIpc) is 3.00. The summed E-state index contributed by atoms with van der Waals surface area (Å²) < 4.78 is 22.2. The number of nitrogens with zero attached hydrogens (tertiary/aromatic N) is 1. The van der Waals surface area contributed by atoms with Gasteiger partial charge in [-0.3, -0.25) is 5.43 Å². The minimum Gasteiger partial charge on any atom is -0.490 e. The molecular weight excluding hydrogens is 647 g/mol. The standard InChI is InChI=1S/C31H31Cl3N4O7/c1-4-43-25-13-19(28-27(30(40)42-3)17(2)36-31(41)37-28)9-10-24(25)44-16-26(39)38-35-14-18-11-22(33)29(23(34)12-18)45-15-20-7-5-6-8-21(20)32/h5-14,26,28,38-39H,4,15-16H2,1-3H3,(H2,36,37,41)/b35-14-/t26-,28-/m0/s1. The minimum absolute atomic E-state index is 0.188. The molecule has 1 heterocycles. The van der Waals surface area contributed by atoms with Gasteiger partial charge in [0.1, 0.15) is 13.2 Å². The third kappa shape index (κ3) is 8.73. The van der Waals surface area contributed by atoms with Crippen LogP contribution in [-0.2, 0) is 16.1 Å². The molecule has 2 amide bonds. The van der Waals surface area contributed by atoms with E-state index in [1.807, 2.05) is 18.2 Å². The van der Waals surface area contributed by atoms with Gasteiger partial charge >= 0.3 is 12.0 Å². The number of benzene rings is 3. The molecule has 0 spiro atoms. The van der Waals surface area contributed by atoms with Crippen molar-refractivity contribution in [1.82, 2.24) is 16.1 Å². The van der Waals surface area contributed by atoms with Gasteiger partial charge in [0, 0.05) is 16.3 Å². The number of urea groups is 1. The number of aliphatic hydroxyl groups is 1. The number of hydrogen-bond acceptors (Lipinski definition) is 9. The minimum atomic E-state index is -1.19. The number of amides is 2. The third-order valence-corrected chi connectivity index (χ3v) is 7.39. The molecule has 0 unspecified atom stereocenters. The molecular formula is C31H31Cl3N4O7. The molecule has 4 N–H and O–H groups in total. The number of hydrogen-bond donors (Lipinski definition) is 4. The summed E-state index contributed by atoms with van der Waals surface area (Å²) in [7, 11) is 1.27. The predicted molar refractivity (Wildman–Crippen MR) is 171 cm³/mol. The Bertz CT molecular complexity index is 1590. The van der Waals surface area contributed by atoms with Gasteiger partial charge in [0.15, 0.2) is 23.5 Å². The lowest BCUT2D eigenvalue weighted by atomic mass is 9.95. The van der Waals surface area contributed by atoms with Crippen LogP contribution in [0.15, 0.2) is 71.0 Å². The number of nitrogens with one attached hydrogen (secondary N) is 3. The number of esters is 1. The van der Waals surface area contributed by atoms with Crippen molar-refractivity contribution in [2.75, 3.05) is 20.3 Å². The predicted octanol–water partition coefficient (Wildman–Crippen LogP) is 5.75. The van der Waals surface area contributed by atoms with E-state index >= 15 is 0 Å². The van der Waals surface area contributed by atoms with Crippen molar-refractivity contribution >= 4 is 53.0 Å². The first kappa shape index (κ1) is 33.7. The maximum absolute atomic E-state index is 12.4. The van der Waals surface area contributed by atoms with Crippen molar-refractivity contribution in [3.63, 3.8) is 0 Å². The summed E-state index contributed by atoms with van der Waals surface area (Å²) in [5, 5.41) is 20.9. The van der Waals surface area contributed by atoms with Crippen LogP contribution in [0.3, 0.4) is 0 Å². The summed E-state index contributed by atoms with van der Waals surface area (Å²) in [6.45, 7) is 3.73. The molecule has 14 heteroatoms. The van der Waals surface area contributed by atoms with E-state index in [9.17, 15) is 14.7 Å². The molecule has 0 aliphatic carbocycles. The average molecular weight is 678 g/mol. The first-order valence-electron chi connectivity index (χ1n) is 13.7. The highest BCUT2D eigenvalue weighted by molar-refractivity contribution is 6.37. The van der Waals surface area contributed by atoms with Crippen molar-refractivity contribution < 1.29 is 33.6 Å². The maximum atomic E-state index is 12.4. The van der Waals surface area contributed by atoms with Gasteiger partial charge in [-0.2, -0.15) is 5.10 Å². The monoisotopic (exact) mass is 676 g/mol. The normalized spacial score (nSPS) is 15.3. The van der Waals surface area contributed by atoms with Gasteiger partial charge in [0.25, 0.3) is 0 Å². The number of carbonyl (C=O) groups excluding carboxylic acids is 2. The Morgan fingerprint density at radius 2 is 1.78 bits per heavy atom. The summed E-state index contributed by atoms with van der Waals surface area (Å²) in [5.74, 6) is 0.404. The molecule has 0 fully saturated rings. The zero-order chi connectivity index (χ0) is 32.5. The molecule has 0 aromatic heterocycles. The lowest BCUT2D eigenvalue weighted by molar-refractivity contribution is -0.136. The Balaban J connectivity index is 1.37. The Hall–Kier alpha value is -4.16. The number of rotatable bonds is 13. The van der Waals surface area contributed by atoms with Crippen molar-refractivity contribution in [2.24, 2.45) is 5.10 Å². The van der Waals surface area contributed by atoms with Gasteiger partial charge < -0.3 is 34.7 Å². The van der Waals surface area contributed by atoms with E-state index in [2.05, 4.69) is 21.2 Å². The molecule has 0 bridgehead atoms. The first-order chi connectivity index (χ1) is 21.6. The third-order valence-electron chi connectivity index (χ3n) is 6.46. The summed E-state index contributed by atoms with van der Waals surface area (Å²) in [6, 6.07) is 14.2. The fraction of sp³-hybridized carbons (Fsp3) is 0.258. The van der Waals surface area contributed by atoms with E-state index in [4.69, 9.17) is 53.8 Å². The lowest BCUT2D eigenvalue weighted by Crippen LogP contribution is -2.45. The molecule has 1 aliphatic heterocycles. The van der Waals surface area contributed by atoms with Gasteiger partial charge in [-0.15, -0.1) is 0 Å². The fourth-order valence-electron chi connectivity index (χ4n) is 4.38. The first-order valence-corrected chi connectivity index (χ1v) is 14.8. The van der Waals surface area contributed by atoms with E-state index in [-0.39, 0.29) is 28.8 Å². The fourth-order valence-corrected chi connectivity index (χ4v) is 5.18. The number of allylic oxidation sites excluding steroid dienone is 1.